The fraction of sp³-hybridized carbons (Fsp3) is 0.167. The number of nitrogens with zero attached hydrogens (tertiary/aromatic N) is 2. The van der Waals surface area contributed by atoms with Crippen LogP contribution >= 0.6 is 15.9 Å². The molecule has 0 atom stereocenters. The summed E-state index contributed by atoms with van der Waals surface area (Å²) < 4.78 is 25.1. The quantitative estimate of drug-likeness (QED) is 0.588. The molecule has 2 aromatic heterocycles. The van der Waals surface area contributed by atoms with E-state index < -0.39 is 11.8 Å². The van der Waals surface area contributed by atoms with Crippen molar-refractivity contribution in [1.29, 1.82) is 0 Å². The summed E-state index contributed by atoms with van der Waals surface area (Å²) in [5.74, 6) is -0.328. The van der Waals surface area contributed by atoms with E-state index in [0.717, 1.165) is 21.6 Å². The Hall–Kier alpha value is -2.54. The maximum absolute atomic E-state index is 13.6. The van der Waals surface area contributed by atoms with E-state index in [0.29, 0.717) is 11.4 Å². The Balaban J connectivity index is 1.91. The summed E-state index contributed by atoms with van der Waals surface area (Å²) in [6, 6.07) is 8.41. The van der Waals surface area contributed by atoms with Gasteiger partial charge in [0.05, 0.1) is 30.4 Å². The van der Waals surface area contributed by atoms with Crippen molar-refractivity contribution < 1.29 is 18.7 Å². The predicted octanol–water partition coefficient (Wildman–Crippen LogP) is 4.43. The van der Waals surface area contributed by atoms with Crippen molar-refractivity contribution in [2.45, 2.75) is 13.3 Å². The number of rotatable bonds is 5. The zero-order valence-corrected chi connectivity index (χ0v) is 14.9. The SMILES string of the molecule is CCOC(=O)Cc1ncc(F)cc1Oc1ccc2ncc(Br)cc2c1. The topological polar surface area (TPSA) is 61.3 Å². The van der Waals surface area contributed by atoms with Crippen molar-refractivity contribution in [3.05, 3.63) is 58.7 Å². The highest BCUT2D eigenvalue weighted by molar-refractivity contribution is 9.10. The lowest BCUT2D eigenvalue weighted by Crippen LogP contribution is -2.10. The minimum absolute atomic E-state index is 0.0931. The second kappa shape index (κ2) is 7.57. The van der Waals surface area contributed by atoms with Gasteiger partial charge in [-0.25, -0.2) is 4.39 Å². The molecular weight excluding hydrogens is 391 g/mol. The Labute approximate surface area is 151 Å². The number of carbonyl (C=O) groups is 1. The van der Waals surface area contributed by atoms with Crippen LogP contribution in [-0.2, 0) is 16.0 Å². The first-order chi connectivity index (χ1) is 12.0. The molecule has 0 radical (unpaired) electrons. The number of hydrogen-bond acceptors (Lipinski definition) is 5. The zero-order valence-electron chi connectivity index (χ0n) is 13.3. The van der Waals surface area contributed by atoms with Crippen LogP contribution in [0.1, 0.15) is 12.6 Å². The van der Waals surface area contributed by atoms with E-state index in [-0.39, 0.29) is 18.8 Å². The van der Waals surface area contributed by atoms with Crippen LogP contribution < -0.4 is 4.74 Å². The van der Waals surface area contributed by atoms with Crippen molar-refractivity contribution in [2.24, 2.45) is 0 Å². The number of ether oxygens (including phenoxy) is 2. The van der Waals surface area contributed by atoms with Gasteiger partial charge in [-0.2, -0.15) is 0 Å². The van der Waals surface area contributed by atoms with Crippen molar-refractivity contribution in [3.8, 4) is 11.5 Å². The minimum atomic E-state index is -0.548. The molecular formula is C18H14BrFN2O3. The molecule has 0 spiro atoms. The van der Waals surface area contributed by atoms with Crippen LogP contribution in [0, 0.1) is 5.82 Å². The Bertz CT molecular complexity index is 933. The Morgan fingerprint density at radius 2 is 2.04 bits per heavy atom. The molecule has 25 heavy (non-hydrogen) atoms. The number of aromatic nitrogens is 2. The Morgan fingerprint density at radius 1 is 1.20 bits per heavy atom. The van der Waals surface area contributed by atoms with Crippen molar-refractivity contribution in [1.82, 2.24) is 9.97 Å². The number of benzene rings is 1. The molecule has 3 rings (SSSR count). The number of pyridine rings is 2. The second-order valence-corrected chi connectivity index (χ2v) is 6.11. The number of halogens is 2. The maximum atomic E-state index is 13.6. The average molecular weight is 405 g/mol. The smallest absolute Gasteiger partial charge is 0.312 e. The monoisotopic (exact) mass is 404 g/mol. The summed E-state index contributed by atoms with van der Waals surface area (Å²) in [5.41, 5.74) is 1.12. The number of carbonyl (C=O) groups excluding carboxylic acids is 1. The predicted molar refractivity (Wildman–Crippen MR) is 94.0 cm³/mol. The van der Waals surface area contributed by atoms with Crippen molar-refractivity contribution in [2.75, 3.05) is 6.61 Å². The molecule has 3 aromatic rings. The fourth-order valence-corrected chi connectivity index (χ4v) is 2.64. The Morgan fingerprint density at radius 3 is 2.84 bits per heavy atom. The van der Waals surface area contributed by atoms with Gasteiger partial charge in [0.25, 0.3) is 0 Å². The fourth-order valence-electron chi connectivity index (χ4n) is 2.29. The molecule has 0 unspecified atom stereocenters. The van der Waals surface area contributed by atoms with Crippen LogP contribution in [-0.4, -0.2) is 22.5 Å². The van der Waals surface area contributed by atoms with Crippen LogP contribution in [0.25, 0.3) is 10.9 Å². The highest BCUT2D eigenvalue weighted by Gasteiger charge is 2.14. The first-order valence-corrected chi connectivity index (χ1v) is 8.37. The lowest BCUT2D eigenvalue weighted by molar-refractivity contribution is -0.142. The summed E-state index contributed by atoms with van der Waals surface area (Å²) in [4.78, 5) is 19.9. The van der Waals surface area contributed by atoms with Gasteiger partial charge in [-0.1, -0.05) is 0 Å². The van der Waals surface area contributed by atoms with Gasteiger partial charge in [0.15, 0.2) is 5.75 Å². The lowest BCUT2D eigenvalue weighted by Gasteiger charge is -2.11. The third-order valence-corrected chi connectivity index (χ3v) is 3.80. The molecule has 0 bridgehead atoms. The molecule has 0 aliphatic rings. The van der Waals surface area contributed by atoms with Gasteiger partial charge >= 0.3 is 5.97 Å². The number of fused-ring (bicyclic) bond motifs is 1. The molecule has 0 saturated heterocycles. The van der Waals surface area contributed by atoms with Crippen LogP contribution in [0.15, 0.2) is 47.2 Å². The molecule has 0 fully saturated rings. The molecule has 0 aliphatic heterocycles. The van der Waals surface area contributed by atoms with Gasteiger partial charge in [-0.15, -0.1) is 0 Å². The van der Waals surface area contributed by atoms with Crippen molar-refractivity contribution in [3.63, 3.8) is 0 Å². The summed E-state index contributed by atoms with van der Waals surface area (Å²) in [6.07, 6.45) is 2.66. The van der Waals surface area contributed by atoms with Crippen LogP contribution in [0.4, 0.5) is 4.39 Å². The molecule has 1 aromatic carbocycles. The van der Waals surface area contributed by atoms with Crippen LogP contribution in [0.3, 0.4) is 0 Å². The number of hydrogen-bond donors (Lipinski definition) is 0. The molecule has 0 aliphatic carbocycles. The summed E-state index contributed by atoms with van der Waals surface area (Å²) >= 11 is 3.37. The van der Waals surface area contributed by atoms with Gasteiger partial charge in [0.1, 0.15) is 11.6 Å². The van der Waals surface area contributed by atoms with E-state index in [1.165, 1.54) is 6.07 Å². The van der Waals surface area contributed by atoms with E-state index in [4.69, 9.17) is 9.47 Å². The maximum Gasteiger partial charge on any atom is 0.312 e. The Kier molecular flexibility index (Phi) is 5.23. The second-order valence-electron chi connectivity index (χ2n) is 5.19. The normalized spacial score (nSPS) is 10.7. The molecule has 128 valence electrons. The third-order valence-electron chi connectivity index (χ3n) is 3.36. The van der Waals surface area contributed by atoms with Gasteiger partial charge < -0.3 is 9.47 Å². The first-order valence-electron chi connectivity index (χ1n) is 7.58. The highest BCUT2D eigenvalue weighted by Crippen LogP contribution is 2.28. The summed E-state index contributed by atoms with van der Waals surface area (Å²) in [6.45, 7) is 1.98. The van der Waals surface area contributed by atoms with Gasteiger partial charge in [-0.05, 0) is 47.1 Å². The van der Waals surface area contributed by atoms with Crippen molar-refractivity contribution >= 4 is 32.8 Å². The summed E-state index contributed by atoms with van der Waals surface area (Å²) in [5, 5.41) is 0.864. The molecule has 0 saturated carbocycles. The minimum Gasteiger partial charge on any atom is -0.466 e. The van der Waals surface area contributed by atoms with Gasteiger partial charge in [-0.3, -0.25) is 14.8 Å². The largest absolute Gasteiger partial charge is 0.466 e. The zero-order chi connectivity index (χ0) is 17.8. The number of esters is 1. The van der Waals surface area contributed by atoms with Gasteiger partial charge in [0.2, 0.25) is 0 Å². The third kappa shape index (κ3) is 4.30. The lowest BCUT2D eigenvalue weighted by atomic mass is 10.2. The van der Waals surface area contributed by atoms with E-state index in [2.05, 4.69) is 25.9 Å². The molecule has 0 N–H and O–H groups in total. The highest BCUT2D eigenvalue weighted by atomic mass is 79.9. The van der Waals surface area contributed by atoms with Crippen LogP contribution in [0.2, 0.25) is 0 Å². The van der Waals surface area contributed by atoms with Gasteiger partial charge in [0, 0.05) is 22.1 Å². The molecule has 5 nitrogen and oxygen atoms in total. The standard InChI is InChI=1S/C18H14BrFN2O3/c1-2-24-18(23)8-16-17(7-13(20)10-22-16)25-14-3-4-15-11(6-14)5-12(19)9-21-15/h3-7,9-10H,2,8H2,1H3. The van der Waals surface area contributed by atoms with E-state index in [1.54, 1.807) is 31.3 Å². The molecule has 2 heterocycles. The van der Waals surface area contributed by atoms with E-state index in [1.807, 2.05) is 6.07 Å². The molecule has 7 heteroatoms. The van der Waals surface area contributed by atoms with Crippen LogP contribution in [0.5, 0.6) is 11.5 Å². The molecule has 0 amide bonds. The summed E-state index contributed by atoms with van der Waals surface area (Å²) in [7, 11) is 0. The average Bonchev–Trinajstić information content (AvgIpc) is 2.57. The first kappa shape index (κ1) is 17.3. The van der Waals surface area contributed by atoms with E-state index in [9.17, 15) is 9.18 Å². The van der Waals surface area contributed by atoms with E-state index >= 15 is 0 Å².